The van der Waals surface area contributed by atoms with Crippen LogP contribution in [-0.2, 0) is 19.5 Å². The molecule has 0 radical (unpaired) electrons. The van der Waals surface area contributed by atoms with Crippen LogP contribution in [0.2, 0.25) is 0 Å². The molecule has 206 valence electrons. The van der Waals surface area contributed by atoms with Gasteiger partial charge in [-0.25, -0.2) is 0 Å². The van der Waals surface area contributed by atoms with Crippen molar-refractivity contribution < 1.29 is 63.4 Å². The van der Waals surface area contributed by atoms with Crippen molar-refractivity contribution in [1.82, 2.24) is 0 Å². The zero-order valence-corrected chi connectivity index (χ0v) is 23.9. The van der Waals surface area contributed by atoms with E-state index in [1.807, 2.05) is 0 Å². The fourth-order valence-electron chi connectivity index (χ4n) is 5.66. The van der Waals surface area contributed by atoms with Crippen LogP contribution in [0.5, 0.6) is 0 Å². The van der Waals surface area contributed by atoms with E-state index < -0.39 is 98.0 Å². The second-order valence-electron chi connectivity index (χ2n) is 8.99. The Hall–Kier alpha value is -1.92. The summed E-state index contributed by atoms with van der Waals surface area (Å²) in [4.78, 5) is 0. The van der Waals surface area contributed by atoms with E-state index in [9.17, 15) is 26.3 Å². The molecule has 0 saturated heterocycles. The van der Waals surface area contributed by atoms with Gasteiger partial charge in [0.25, 0.3) is 0 Å². The standard InChI is InChI=1S/C12BF10.2C5H5.C4H10P.Zr/c14-3-1(4(15)8(19)11(22)7(3)18)13-2-5(16)9(20)12(23)10(21)6(2)17;2*1-2-4-5-3-1;1-3-5-4-2;/h;2*1-3H,4H2;3-4H2,1-2H3;/q+1;;;-1;. The summed E-state index contributed by atoms with van der Waals surface area (Å²) >= 11 is -5.28. The minimum absolute atomic E-state index is 0.146. The Morgan fingerprint density at radius 3 is 1.13 bits per heavy atom. The molecule has 4 rings (SSSR count). The molecular weight excluding hydrogens is 635 g/mol. The monoisotopic (exact) mass is 654 g/mol. The number of rotatable bonds is 8. The fourth-order valence-corrected chi connectivity index (χ4v) is 37.8. The molecule has 0 atom stereocenters. The molecule has 0 heterocycles. The Morgan fingerprint density at radius 2 is 0.872 bits per heavy atom. The summed E-state index contributed by atoms with van der Waals surface area (Å²) in [5, 5.41) is -1.47. The first-order valence-electron chi connectivity index (χ1n) is 12.0. The summed E-state index contributed by atoms with van der Waals surface area (Å²) in [5.41, 5.74) is -3.14. The summed E-state index contributed by atoms with van der Waals surface area (Å²) in [5.74, 6) is -23.9. The molecule has 39 heavy (non-hydrogen) atoms. The molecule has 0 N–H and O–H groups in total. The third kappa shape index (κ3) is 4.54. The minimum atomic E-state index is -5.28. The van der Waals surface area contributed by atoms with Crippen LogP contribution in [0.25, 0.3) is 0 Å². The van der Waals surface area contributed by atoms with Crippen LogP contribution < -0.4 is 10.9 Å². The molecule has 0 saturated carbocycles. The average molecular weight is 655 g/mol. The molecule has 0 bridgehead atoms. The topological polar surface area (TPSA) is 0 Å². The summed E-state index contributed by atoms with van der Waals surface area (Å²) in [6, 6.07) is 0. The van der Waals surface area contributed by atoms with Gasteiger partial charge < -0.3 is 0 Å². The molecule has 0 fully saturated rings. The van der Waals surface area contributed by atoms with Crippen LogP contribution in [0.3, 0.4) is 0 Å². The normalized spacial score (nSPS) is 15.0. The van der Waals surface area contributed by atoms with Gasteiger partial charge in [0.1, 0.15) is 0 Å². The van der Waals surface area contributed by atoms with E-state index in [1.165, 1.54) is 0 Å². The number of allylic oxidation sites excluding steroid dienone is 8. The maximum atomic E-state index is 15.6. The van der Waals surface area contributed by atoms with Gasteiger partial charge in [-0.1, -0.05) is 0 Å². The third-order valence-electron chi connectivity index (χ3n) is 7.27. The van der Waals surface area contributed by atoms with Crippen molar-refractivity contribution in [3.05, 3.63) is 101 Å². The van der Waals surface area contributed by atoms with Crippen LogP contribution in [-0.4, -0.2) is 16.6 Å². The van der Waals surface area contributed by atoms with E-state index in [0.29, 0.717) is 18.9 Å². The van der Waals surface area contributed by atoms with Crippen molar-refractivity contribution in [2.45, 2.75) is 26.7 Å². The molecule has 0 unspecified atom stereocenters. The first-order chi connectivity index (χ1) is 18.5. The van der Waals surface area contributed by atoms with Crippen LogP contribution in [0.4, 0.5) is 43.9 Å². The summed E-state index contributed by atoms with van der Waals surface area (Å²) in [6.07, 6.45) is 10.6. The summed E-state index contributed by atoms with van der Waals surface area (Å²) in [7, 11) is 0. The van der Waals surface area contributed by atoms with Gasteiger partial charge in [-0.15, -0.1) is 0 Å². The average Bonchev–Trinajstić information content (AvgIpc) is 3.67. The molecule has 2 aromatic rings. The molecule has 0 aromatic heterocycles. The molecule has 0 spiro atoms. The summed E-state index contributed by atoms with van der Waals surface area (Å²) in [6.45, 7) is 3.45. The first-order valence-corrected chi connectivity index (χ1v) is 20.8. The van der Waals surface area contributed by atoms with E-state index in [-0.39, 0.29) is 12.8 Å². The predicted molar refractivity (Wildman–Crippen MR) is 129 cm³/mol. The second kappa shape index (κ2) is 11.5. The number of halogens is 10. The molecule has 0 amide bonds. The van der Waals surface area contributed by atoms with Gasteiger partial charge in [-0.2, -0.15) is 0 Å². The molecule has 0 aliphatic heterocycles. The SMILES string of the molecule is CC[P](CC)[Zr]([B](c1c(F)c(F)c(F)c(F)c1F)c1c(F)c(F)c(F)c(F)c1F)([C]1=CC=CC1)[C]1=CC=CC1. The van der Waals surface area contributed by atoms with Gasteiger partial charge in [0.05, 0.1) is 0 Å². The van der Waals surface area contributed by atoms with Crippen molar-refractivity contribution in [3.63, 3.8) is 0 Å². The Labute approximate surface area is 223 Å². The van der Waals surface area contributed by atoms with Gasteiger partial charge >= 0.3 is 224 Å². The zero-order chi connectivity index (χ0) is 28.8. The molecule has 2 aliphatic rings. The fraction of sp³-hybridized carbons (Fsp3) is 0.231. The second-order valence-corrected chi connectivity index (χ2v) is 28.5. The number of benzene rings is 2. The Balaban J connectivity index is 2.32. The summed E-state index contributed by atoms with van der Waals surface area (Å²) < 4.78 is 148. The van der Waals surface area contributed by atoms with Crippen LogP contribution in [0.1, 0.15) is 26.7 Å². The number of hydrogen-bond acceptors (Lipinski definition) is 0. The van der Waals surface area contributed by atoms with E-state index in [0.717, 1.165) is 0 Å². The van der Waals surface area contributed by atoms with Crippen molar-refractivity contribution in [2.24, 2.45) is 0 Å². The Morgan fingerprint density at radius 1 is 0.564 bits per heavy atom. The quantitative estimate of drug-likeness (QED) is 0.0912. The van der Waals surface area contributed by atoms with E-state index >= 15 is 17.6 Å². The Bertz CT molecular complexity index is 1300. The zero-order valence-electron chi connectivity index (χ0n) is 20.6. The van der Waals surface area contributed by atoms with Gasteiger partial charge in [-0.3, -0.25) is 0 Å². The van der Waals surface area contributed by atoms with Crippen LogP contribution in [0, 0.1) is 58.2 Å². The molecule has 2 aromatic carbocycles. The molecule has 2 aliphatic carbocycles. The van der Waals surface area contributed by atoms with Gasteiger partial charge in [0, 0.05) is 0 Å². The molecule has 0 nitrogen and oxygen atoms in total. The third-order valence-corrected chi connectivity index (χ3v) is 36.8. The van der Waals surface area contributed by atoms with E-state index in [1.54, 1.807) is 50.3 Å². The number of hydrogen-bond donors (Lipinski definition) is 0. The molecule has 13 heteroatoms. The van der Waals surface area contributed by atoms with Gasteiger partial charge in [0.2, 0.25) is 0 Å². The van der Waals surface area contributed by atoms with Crippen molar-refractivity contribution in [2.75, 3.05) is 12.3 Å². The maximum absolute atomic E-state index is 15.6. The Kier molecular flexibility index (Phi) is 8.87. The van der Waals surface area contributed by atoms with Crippen LogP contribution >= 0.6 is 5.21 Å². The van der Waals surface area contributed by atoms with Crippen molar-refractivity contribution in [3.8, 4) is 0 Å². The van der Waals surface area contributed by atoms with Gasteiger partial charge in [-0.05, 0) is 0 Å². The molecular formula is C26H20BF10PZr. The van der Waals surface area contributed by atoms with Gasteiger partial charge in [0.15, 0.2) is 0 Å². The van der Waals surface area contributed by atoms with E-state index in [4.69, 9.17) is 0 Å². The van der Waals surface area contributed by atoms with Crippen molar-refractivity contribution >= 4 is 20.4 Å². The van der Waals surface area contributed by atoms with Crippen molar-refractivity contribution in [1.29, 1.82) is 0 Å². The van der Waals surface area contributed by atoms with E-state index in [2.05, 4.69) is 0 Å². The predicted octanol–water partition coefficient (Wildman–Crippen LogP) is 7.46. The van der Waals surface area contributed by atoms with Crippen LogP contribution in [0.15, 0.2) is 43.0 Å². The first kappa shape index (κ1) is 30.0.